The average Bonchev–Trinajstić information content (AvgIpc) is 3.06. The Bertz CT molecular complexity index is 939. The highest BCUT2D eigenvalue weighted by Crippen LogP contribution is 2.41. The largest absolute Gasteiger partial charge is 0.493 e. The van der Waals surface area contributed by atoms with E-state index in [1.54, 1.807) is 0 Å². The van der Waals surface area contributed by atoms with Crippen LogP contribution in [0.15, 0.2) is 48.5 Å². The average molecular weight is 347 g/mol. The third-order valence-corrected chi connectivity index (χ3v) is 5.49. The van der Waals surface area contributed by atoms with Crippen molar-refractivity contribution in [3.05, 3.63) is 59.9 Å². The minimum absolute atomic E-state index is 0.101. The lowest BCUT2D eigenvalue weighted by atomic mass is 9.74. The molecule has 1 saturated heterocycles. The number of fused-ring (bicyclic) bond motifs is 2. The molecule has 1 aromatic heterocycles. The summed E-state index contributed by atoms with van der Waals surface area (Å²) in [5.41, 5.74) is 3.34. The highest BCUT2D eigenvalue weighted by atomic mass is 16.5. The van der Waals surface area contributed by atoms with Gasteiger partial charge in [-0.05, 0) is 30.2 Å². The van der Waals surface area contributed by atoms with E-state index < -0.39 is 0 Å². The van der Waals surface area contributed by atoms with E-state index in [0.717, 1.165) is 42.1 Å². The first-order valence-electron chi connectivity index (χ1n) is 9.13. The molecule has 3 heterocycles. The molecule has 1 spiro atoms. The van der Waals surface area contributed by atoms with Crippen LogP contribution >= 0.6 is 0 Å². The summed E-state index contributed by atoms with van der Waals surface area (Å²) in [5.74, 6) is 2.08. The molecule has 0 unspecified atom stereocenters. The number of aromatic nitrogens is 2. The summed E-state index contributed by atoms with van der Waals surface area (Å²) in [5, 5.41) is 0. The number of aryl methyl sites for hydroxylation is 1. The number of benzene rings is 2. The second kappa shape index (κ2) is 5.87. The van der Waals surface area contributed by atoms with Gasteiger partial charge in [0.2, 0.25) is 5.91 Å². The molecule has 5 nitrogen and oxygen atoms in total. The zero-order valence-corrected chi connectivity index (χ0v) is 14.6. The standard InChI is InChI=1S/C21H21N3O2/c25-20(10-9-19-22-16-6-2-3-7-17(16)23-19)24-12-21(13-24)11-15-5-1-4-8-18(15)26-14-21/h1-8H,9-14H2,(H,22,23). The van der Waals surface area contributed by atoms with Gasteiger partial charge in [0, 0.05) is 31.3 Å². The Kier molecular flexibility index (Phi) is 3.48. The molecule has 132 valence electrons. The number of hydrogen-bond donors (Lipinski definition) is 1. The van der Waals surface area contributed by atoms with Crippen molar-refractivity contribution < 1.29 is 9.53 Å². The summed E-state index contributed by atoms with van der Waals surface area (Å²) >= 11 is 0. The fourth-order valence-electron chi connectivity index (χ4n) is 4.13. The van der Waals surface area contributed by atoms with Crippen LogP contribution in [-0.4, -0.2) is 40.5 Å². The number of hydrogen-bond acceptors (Lipinski definition) is 3. The summed E-state index contributed by atoms with van der Waals surface area (Å²) < 4.78 is 5.92. The van der Waals surface area contributed by atoms with E-state index in [4.69, 9.17) is 4.74 Å². The molecule has 2 aliphatic rings. The number of nitrogens with zero attached hydrogens (tertiary/aromatic N) is 2. The number of para-hydroxylation sites is 3. The zero-order chi connectivity index (χ0) is 17.6. The number of aromatic amines is 1. The van der Waals surface area contributed by atoms with Crippen LogP contribution in [0.5, 0.6) is 5.75 Å². The number of carbonyl (C=O) groups excluding carboxylic acids is 1. The van der Waals surface area contributed by atoms with Gasteiger partial charge in [0.05, 0.1) is 17.6 Å². The van der Waals surface area contributed by atoms with Crippen molar-refractivity contribution in [2.24, 2.45) is 5.41 Å². The minimum Gasteiger partial charge on any atom is -0.493 e. The van der Waals surface area contributed by atoms with E-state index >= 15 is 0 Å². The molecule has 2 aliphatic heterocycles. The van der Waals surface area contributed by atoms with Crippen molar-refractivity contribution in [1.29, 1.82) is 0 Å². The Balaban J connectivity index is 1.18. The smallest absolute Gasteiger partial charge is 0.223 e. The van der Waals surface area contributed by atoms with E-state index in [0.29, 0.717) is 19.4 Å². The fourth-order valence-corrected chi connectivity index (χ4v) is 4.13. The first-order valence-corrected chi connectivity index (χ1v) is 9.13. The van der Waals surface area contributed by atoms with Gasteiger partial charge in [-0.25, -0.2) is 4.98 Å². The molecule has 5 heteroatoms. The van der Waals surface area contributed by atoms with Crippen molar-refractivity contribution in [3.8, 4) is 5.75 Å². The molecule has 1 N–H and O–H groups in total. The quantitative estimate of drug-likeness (QED) is 0.792. The molecule has 1 fully saturated rings. The lowest BCUT2D eigenvalue weighted by Gasteiger charge is -2.52. The number of H-pyrrole nitrogens is 1. The van der Waals surface area contributed by atoms with E-state index in [-0.39, 0.29) is 11.3 Å². The van der Waals surface area contributed by atoms with E-state index in [2.05, 4.69) is 22.1 Å². The molecule has 1 amide bonds. The van der Waals surface area contributed by atoms with Gasteiger partial charge in [0.25, 0.3) is 0 Å². The second-order valence-corrected chi connectivity index (χ2v) is 7.52. The predicted octanol–water partition coefficient (Wildman–Crippen LogP) is 2.96. The zero-order valence-electron chi connectivity index (χ0n) is 14.6. The normalized spacial score (nSPS) is 17.6. The van der Waals surface area contributed by atoms with Crippen LogP contribution in [-0.2, 0) is 17.6 Å². The number of nitrogens with one attached hydrogen (secondary N) is 1. The predicted molar refractivity (Wildman–Crippen MR) is 99.1 cm³/mol. The highest BCUT2D eigenvalue weighted by Gasteiger charge is 2.47. The Hall–Kier alpha value is -2.82. The topological polar surface area (TPSA) is 58.2 Å². The molecule has 0 bridgehead atoms. The summed E-state index contributed by atoms with van der Waals surface area (Å²) in [6, 6.07) is 16.2. The van der Waals surface area contributed by atoms with Gasteiger partial charge in [-0.3, -0.25) is 4.79 Å². The monoisotopic (exact) mass is 347 g/mol. The van der Waals surface area contributed by atoms with E-state index in [1.807, 2.05) is 41.3 Å². The molecular formula is C21H21N3O2. The number of rotatable bonds is 3. The lowest BCUT2D eigenvalue weighted by Crippen LogP contribution is -2.62. The maximum absolute atomic E-state index is 12.5. The Morgan fingerprint density at radius 3 is 2.85 bits per heavy atom. The van der Waals surface area contributed by atoms with Crippen molar-refractivity contribution >= 4 is 16.9 Å². The summed E-state index contributed by atoms with van der Waals surface area (Å²) in [6.45, 7) is 2.29. The van der Waals surface area contributed by atoms with Crippen LogP contribution in [0, 0.1) is 5.41 Å². The van der Waals surface area contributed by atoms with E-state index in [1.165, 1.54) is 5.56 Å². The number of carbonyl (C=O) groups is 1. The van der Waals surface area contributed by atoms with Crippen molar-refractivity contribution in [2.75, 3.05) is 19.7 Å². The fraction of sp³-hybridized carbons (Fsp3) is 0.333. The molecule has 0 saturated carbocycles. The molecule has 0 radical (unpaired) electrons. The first kappa shape index (κ1) is 15.4. The molecule has 2 aromatic carbocycles. The van der Waals surface area contributed by atoms with Crippen molar-refractivity contribution in [1.82, 2.24) is 14.9 Å². The van der Waals surface area contributed by atoms with Crippen molar-refractivity contribution in [2.45, 2.75) is 19.3 Å². The molecule has 0 atom stereocenters. The van der Waals surface area contributed by atoms with Crippen LogP contribution in [0.3, 0.4) is 0 Å². The SMILES string of the molecule is O=C(CCc1nc2ccccc2[nH]1)N1CC2(COc3ccccc3C2)C1. The third kappa shape index (κ3) is 2.64. The Morgan fingerprint density at radius 2 is 1.96 bits per heavy atom. The first-order chi connectivity index (χ1) is 12.7. The number of imidazole rings is 1. The van der Waals surface area contributed by atoms with Crippen LogP contribution in [0.2, 0.25) is 0 Å². The third-order valence-electron chi connectivity index (χ3n) is 5.49. The van der Waals surface area contributed by atoms with Gasteiger partial charge >= 0.3 is 0 Å². The molecule has 26 heavy (non-hydrogen) atoms. The molecular weight excluding hydrogens is 326 g/mol. The lowest BCUT2D eigenvalue weighted by molar-refractivity contribution is -0.146. The Morgan fingerprint density at radius 1 is 1.15 bits per heavy atom. The molecule has 0 aliphatic carbocycles. The highest BCUT2D eigenvalue weighted by molar-refractivity contribution is 5.78. The van der Waals surface area contributed by atoms with Crippen LogP contribution < -0.4 is 4.74 Å². The van der Waals surface area contributed by atoms with Crippen LogP contribution in [0.1, 0.15) is 17.8 Å². The van der Waals surface area contributed by atoms with Crippen LogP contribution in [0.25, 0.3) is 11.0 Å². The maximum atomic E-state index is 12.5. The second-order valence-electron chi connectivity index (χ2n) is 7.52. The van der Waals surface area contributed by atoms with Gasteiger partial charge in [0.15, 0.2) is 0 Å². The summed E-state index contributed by atoms with van der Waals surface area (Å²) in [6.07, 6.45) is 2.14. The van der Waals surface area contributed by atoms with Gasteiger partial charge < -0.3 is 14.6 Å². The van der Waals surface area contributed by atoms with Crippen molar-refractivity contribution in [3.63, 3.8) is 0 Å². The molecule has 5 rings (SSSR count). The van der Waals surface area contributed by atoms with Gasteiger partial charge in [-0.1, -0.05) is 30.3 Å². The Labute approximate surface area is 152 Å². The number of likely N-dealkylation sites (tertiary alicyclic amines) is 1. The van der Waals surface area contributed by atoms with Crippen LogP contribution in [0.4, 0.5) is 0 Å². The summed E-state index contributed by atoms with van der Waals surface area (Å²) in [7, 11) is 0. The summed E-state index contributed by atoms with van der Waals surface area (Å²) in [4.78, 5) is 22.3. The maximum Gasteiger partial charge on any atom is 0.223 e. The number of ether oxygens (including phenoxy) is 1. The van der Waals surface area contributed by atoms with Gasteiger partial charge in [-0.15, -0.1) is 0 Å². The number of amides is 1. The van der Waals surface area contributed by atoms with E-state index in [9.17, 15) is 4.79 Å². The minimum atomic E-state index is 0.101. The van der Waals surface area contributed by atoms with Gasteiger partial charge in [0.1, 0.15) is 11.6 Å². The van der Waals surface area contributed by atoms with Gasteiger partial charge in [-0.2, -0.15) is 0 Å². The molecule has 3 aromatic rings.